The van der Waals surface area contributed by atoms with E-state index in [9.17, 15) is 14.4 Å². The number of hydrogen-bond donors (Lipinski definition) is 0. The van der Waals surface area contributed by atoms with Gasteiger partial charge in [0, 0.05) is 12.1 Å². The maximum absolute atomic E-state index is 13.9. The number of amides is 2. The molecule has 0 radical (unpaired) electrons. The van der Waals surface area contributed by atoms with Gasteiger partial charge >= 0.3 is 5.97 Å². The molecule has 1 aliphatic rings. The number of carbonyl (C=O) groups excluding carboxylic acids is 3. The van der Waals surface area contributed by atoms with Crippen molar-refractivity contribution in [3.05, 3.63) is 108 Å². The van der Waals surface area contributed by atoms with Crippen molar-refractivity contribution < 1.29 is 19.1 Å². The molecule has 1 saturated heterocycles. The van der Waals surface area contributed by atoms with Gasteiger partial charge in [0.15, 0.2) is 5.54 Å². The van der Waals surface area contributed by atoms with E-state index in [0.29, 0.717) is 5.56 Å². The molecule has 2 amide bonds. The molecule has 1 fully saturated rings. The van der Waals surface area contributed by atoms with Crippen LogP contribution in [-0.4, -0.2) is 46.3 Å². The van der Waals surface area contributed by atoms with Crippen molar-refractivity contribution in [1.29, 1.82) is 0 Å². The van der Waals surface area contributed by atoms with Crippen LogP contribution in [0.15, 0.2) is 91.0 Å². The summed E-state index contributed by atoms with van der Waals surface area (Å²) in [4.78, 5) is 44.1. The number of ether oxygens (including phenoxy) is 1. The Bertz CT molecular complexity index is 1170. The molecule has 1 aliphatic heterocycles. The number of rotatable bonds is 8. The smallest absolute Gasteiger partial charge is 0.334 e. The third-order valence-electron chi connectivity index (χ3n) is 6.57. The van der Waals surface area contributed by atoms with Gasteiger partial charge < -0.3 is 14.5 Å². The van der Waals surface area contributed by atoms with Gasteiger partial charge in [-0.05, 0) is 37.1 Å². The standard InChI is InChI=1S/C29H30N2O4/c1-3-35-28(34)29(19-26(32)30(21-29)22(2)24-15-9-5-10-16-24)31(20-23-13-7-4-8-14-23)27(33)25-17-11-6-12-18-25/h4-18,22H,3,19-21H2,1-2H3/t22-,29+/m1/s1. The Morgan fingerprint density at radius 2 is 1.51 bits per heavy atom. The Morgan fingerprint density at radius 3 is 2.11 bits per heavy atom. The number of esters is 1. The zero-order valence-corrected chi connectivity index (χ0v) is 20.1. The first kappa shape index (κ1) is 24.2. The van der Waals surface area contributed by atoms with Crippen molar-refractivity contribution in [2.24, 2.45) is 0 Å². The quantitative estimate of drug-likeness (QED) is 0.451. The molecule has 0 aliphatic carbocycles. The van der Waals surface area contributed by atoms with Gasteiger partial charge in [0.25, 0.3) is 5.91 Å². The highest BCUT2D eigenvalue weighted by Gasteiger charge is 2.56. The minimum Gasteiger partial charge on any atom is -0.464 e. The van der Waals surface area contributed by atoms with Crippen molar-refractivity contribution in [1.82, 2.24) is 9.80 Å². The van der Waals surface area contributed by atoms with Crippen molar-refractivity contribution in [2.45, 2.75) is 38.4 Å². The van der Waals surface area contributed by atoms with Crippen LogP contribution in [0.2, 0.25) is 0 Å². The van der Waals surface area contributed by atoms with Crippen molar-refractivity contribution >= 4 is 17.8 Å². The van der Waals surface area contributed by atoms with Crippen molar-refractivity contribution in [3.8, 4) is 0 Å². The molecule has 0 unspecified atom stereocenters. The molecule has 2 atom stereocenters. The molecule has 3 aromatic carbocycles. The molecule has 1 heterocycles. The van der Waals surface area contributed by atoms with Crippen LogP contribution in [0.4, 0.5) is 0 Å². The van der Waals surface area contributed by atoms with Gasteiger partial charge in [-0.1, -0.05) is 78.9 Å². The maximum atomic E-state index is 13.9. The van der Waals surface area contributed by atoms with Crippen LogP contribution < -0.4 is 0 Å². The molecule has 6 heteroatoms. The highest BCUT2D eigenvalue weighted by Crippen LogP contribution is 2.37. The largest absolute Gasteiger partial charge is 0.464 e. The fourth-order valence-electron chi connectivity index (χ4n) is 4.66. The van der Waals surface area contributed by atoms with E-state index in [1.54, 1.807) is 36.1 Å². The fraction of sp³-hybridized carbons (Fsp3) is 0.276. The normalized spacial score (nSPS) is 18.2. The Kier molecular flexibility index (Phi) is 7.30. The summed E-state index contributed by atoms with van der Waals surface area (Å²) in [7, 11) is 0. The molecule has 35 heavy (non-hydrogen) atoms. The van der Waals surface area contributed by atoms with Gasteiger partial charge in [0.1, 0.15) is 0 Å². The number of likely N-dealkylation sites (tertiary alicyclic amines) is 1. The first-order chi connectivity index (χ1) is 17.0. The van der Waals surface area contributed by atoms with E-state index in [1.165, 1.54) is 4.90 Å². The first-order valence-corrected chi connectivity index (χ1v) is 11.9. The number of nitrogens with zero attached hydrogens (tertiary/aromatic N) is 2. The highest BCUT2D eigenvalue weighted by atomic mass is 16.5. The Labute approximate surface area is 206 Å². The molecule has 0 saturated carbocycles. The lowest BCUT2D eigenvalue weighted by Gasteiger charge is -2.39. The van der Waals surface area contributed by atoms with E-state index in [4.69, 9.17) is 4.74 Å². The van der Waals surface area contributed by atoms with E-state index >= 15 is 0 Å². The predicted molar refractivity (Wildman–Crippen MR) is 133 cm³/mol. The number of carbonyl (C=O) groups is 3. The van der Waals surface area contributed by atoms with Crippen LogP contribution in [0, 0.1) is 0 Å². The number of hydrogen-bond acceptors (Lipinski definition) is 4. The van der Waals surface area contributed by atoms with Crippen LogP contribution in [0.5, 0.6) is 0 Å². The molecule has 3 aromatic rings. The molecule has 6 nitrogen and oxygen atoms in total. The second kappa shape index (κ2) is 10.6. The van der Waals surface area contributed by atoms with Gasteiger partial charge in [-0.3, -0.25) is 9.59 Å². The van der Waals surface area contributed by atoms with Crippen molar-refractivity contribution in [3.63, 3.8) is 0 Å². The summed E-state index contributed by atoms with van der Waals surface area (Å²) in [6.07, 6.45) is -0.131. The van der Waals surface area contributed by atoms with E-state index in [-0.39, 0.29) is 44.0 Å². The van der Waals surface area contributed by atoms with E-state index < -0.39 is 11.5 Å². The predicted octanol–water partition coefficient (Wildman–Crippen LogP) is 4.62. The van der Waals surface area contributed by atoms with Gasteiger partial charge in [-0.2, -0.15) is 0 Å². The van der Waals surface area contributed by atoms with E-state index in [1.807, 2.05) is 73.7 Å². The lowest BCUT2D eigenvalue weighted by molar-refractivity contribution is -0.156. The molecule has 0 aromatic heterocycles. The van der Waals surface area contributed by atoms with Crippen LogP contribution in [0.3, 0.4) is 0 Å². The zero-order valence-electron chi connectivity index (χ0n) is 20.1. The minimum absolute atomic E-state index is 0.0616. The van der Waals surface area contributed by atoms with Gasteiger partial charge in [-0.25, -0.2) is 4.79 Å². The lowest BCUT2D eigenvalue weighted by atomic mass is 9.93. The minimum atomic E-state index is -1.45. The Morgan fingerprint density at radius 1 is 0.943 bits per heavy atom. The topological polar surface area (TPSA) is 66.9 Å². The summed E-state index contributed by atoms with van der Waals surface area (Å²) in [5.41, 5.74) is 0.833. The second-order valence-electron chi connectivity index (χ2n) is 8.78. The summed E-state index contributed by atoms with van der Waals surface area (Å²) in [5.74, 6) is -1.06. The van der Waals surface area contributed by atoms with Crippen molar-refractivity contribution in [2.75, 3.05) is 13.2 Å². The SMILES string of the molecule is CCOC(=O)[C@]1(N(Cc2ccccc2)C(=O)c2ccccc2)CC(=O)N([C@H](C)c2ccccc2)C1. The number of benzene rings is 3. The highest BCUT2D eigenvalue weighted by molar-refractivity contribution is 6.01. The summed E-state index contributed by atoms with van der Waals surface area (Å²) in [5, 5.41) is 0. The Hall–Kier alpha value is -3.93. The molecule has 0 spiro atoms. The third-order valence-corrected chi connectivity index (χ3v) is 6.57. The third kappa shape index (κ3) is 4.97. The van der Waals surface area contributed by atoms with Crippen LogP contribution in [-0.2, 0) is 20.9 Å². The monoisotopic (exact) mass is 470 g/mol. The Balaban J connectivity index is 1.78. The molecule has 180 valence electrons. The van der Waals surface area contributed by atoms with E-state index in [2.05, 4.69) is 0 Å². The molecule has 0 bridgehead atoms. The van der Waals surface area contributed by atoms with Crippen LogP contribution in [0.1, 0.15) is 47.8 Å². The van der Waals surface area contributed by atoms with Gasteiger partial charge in [-0.15, -0.1) is 0 Å². The van der Waals surface area contributed by atoms with Gasteiger partial charge in [0.2, 0.25) is 5.91 Å². The van der Waals surface area contributed by atoms with E-state index in [0.717, 1.165) is 11.1 Å². The first-order valence-electron chi connectivity index (χ1n) is 11.9. The molecule has 0 N–H and O–H groups in total. The average molecular weight is 471 g/mol. The van der Waals surface area contributed by atoms with Crippen LogP contribution >= 0.6 is 0 Å². The molecular formula is C29H30N2O4. The van der Waals surface area contributed by atoms with Gasteiger partial charge in [0.05, 0.1) is 25.6 Å². The molecular weight excluding hydrogens is 440 g/mol. The zero-order chi connectivity index (χ0) is 24.8. The summed E-state index contributed by atoms with van der Waals surface area (Å²) in [6, 6.07) is 27.8. The summed E-state index contributed by atoms with van der Waals surface area (Å²) >= 11 is 0. The average Bonchev–Trinajstić information content (AvgIpc) is 3.26. The molecule has 4 rings (SSSR count). The van der Waals surface area contributed by atoms with Crippen LogP contribution in [0.25, 0.3) is 0 Å². The summed E-state index contributed by atoms with van der Waals surface area (Å²) < 4.78 is 5.50. The second-order valence-corrected chi connectivity index (χ2v) is 8.78. The fourth-order valence-corrected chi connectivity index (χ4v) is 4.66. The maximum Gasteiger partial charge on any atom is 0.334 e. The lowest BCUT2D eigenvalue weighted by Crippen LogP contribution is -2.59. The summed E-state index contributed by atoms with van der Waals surface area (Å²) in [6.45, 7) is 4.06.